The van der Waals surface area contributed by atoms with Crippen LogP contribution in [0.2, 0.25) is 0 Å². The van der Waals surface area contributed by atoms with Gasteiger partial charge in [-0.05, 0) is 13.0 Å². The van der Waals surface area contributed by atoms with Gasteiger partial charge in [0.05, 0.1) is 19.3 Å². The molecule has 0 amide bonds. The summed E-state index contributed by atoms with van der Waals surface area (Å²) < 4.78 is 27.7. The molecule has 1 spiro atoms. The largest absolute Gasteiger partial charge is 0.347 e. The second-order valence-electron chi connectivity index (χ2n) is 7.34. The molecule has 1 aromatic carbocycles. The van der Waals surface area contributed by atoms with Crippen LogP contribution in [0.4, 0.5) is 4.39 Å². The topological polar surface area (TPSA) is 69.5 Å². The van der Waals surface area contributed by atoms with Gasteiger partial charge in [-0.25, -0.2) is 9.37 Å². The molecule has 0 radical (unpaired) electrons. The van der Waals surface area contributed by atoms with Crippen LogP contribution in [0, 0.1) is 12.7 Å². The Morgan fingerprint density at radius 2 is 1.96 bits per heavy atom. The van der Waals surface area contributed by atoms with Crippen molar-refractivity contribution < 1.29 is 18.7 Å². The summed E-state index contributed by atoms with van der Waals surface area (Å²) in [5.74, 6) is -0.410. The van der Waals surface area contributed by atoms with Gasteiger partial charge in [0.1, 0.15) is 16.9 Å². The highest BCUT2D eigenvalue weighted by atomic mass is 32.2. The first-order chi connectivity index (χ1) is 13.6. The average molecular weight is 404 g/mol. The highest BCUT2D eigenvalue weighted by Gasteiger charge is 2.47. The average Bonchev–Trinajstić information content (AvgIpc) is 3.36. The van der Waals surface area contributed by atoms with Crippen molar-refractivity contribution in [3.05, 3.63) is 41.5 Å². The minimum Gasteiger partial charge on any atom is -0.347 e. The van der Waals surface area contributed by atoms with E-state index in [0.29, 0.717) is 55.7 Å². The number of fused-ring (bicyclic) bond motifs is 1. The number of likely N-dealkylation sites (tertiary alicyclic amines) is 1. The molecule has 1 aromatic heterocycles. The number of hydrogen-bond donors (Lipinski definition) is 0. The lowest BCUT2D eigenvalue weighted by Gasteiger charge is -2.42. The minimum atomic E-state index is -0.519. The minimum absolute atomic E-state index is 0.150. The summed E-state index contributed by atoms with van der Waals surface area (Å²) in [5.41, 5.74) is 0.528. The van der Waals surface area contributed by atoms with Gasteiger partial charge >= 0.3 is 0 Å². The molecule has 9 heteroatoms. The van der Waals surface area contributed by atoms with Crippen LogP contribution in [0.5, 0.6) is 0 Å². The molecule has 2 aromatic rings. The molecule has 2 saturated heterocycles. The molecule has 2 atom stereocenters. The third-order valence-corrected chi connectivity index (χ3v) is 6.83. The Morgan fingerprint density at radius 3 is 2.64 bits per heavy atom. The van der Waals surface area contributed by atoms with Crippen molar-refractivity contribution in [1.29, 1.82) is 0 Å². The summed E-state index contributed by atoms with van der Waals surface area (Å²) in [6.45, 7) is 4.31. The Labute approximate surface area is 166 Å². The van der Waals surface area contributed by atoms with Crippen LogP contribution in [0.15, 0.2) is 29.4 Å². The highest BCUT2D eigenvalue weighted by molar-refractivity contribution is 8.00. The summed E-state index contributed by atoms with van der Waals surface area (Å²) in [6, 6.07) is 6.29. The van der Waals surface area contributed by atoms with Crippen molar-refractivity contribution in [2.24, 2.45) is 0 Å². The van der Waals surface area contributed by atoms with Gasteiger partial charge in [-0.3, -0.25) is 9.69 Å². The number of piperidine rings is 1. The van der Waals surface area contributed by atoms with Crippen molar-refractivity contribution in [2.75, 3.05) is 26.3 Å². The Balaban J connectivity index is 1.46. The molecular weight excluding hydrogens is 383 g/mol. The third-order valence-electron chi connectivity index (χ3n) is 5.65. The maximum atomic E-state index is 14.8. The van der Waals surface area contributed by atoms with E-state index < -0.39 is 17.1 Å². The highest BCUT2D eigenvalue weighted by Crippen LogP contribution is 2.43. The van der Waals surface area contributed by atoms with Gasteiger partial charge in [0.25, 0.3) is 5.91 Å². The maximum Gasteiger partial charge on any atom is 0.264 e. The van der Waals surface area contributed by atoms with Crippen LogP contribution in [-0.2, 0) is 9.47 Å². The van der Waals surface area contributed by atoms with Gasteiger partial charge in [0.2, 0.25) is 0 Å². The van der Waals surface area contributed by atoms with Gasteiger partial charge in [0.15, 0.2) is 10.9 Å². The molecule has 0 N–H and O–H groups in total. The maximum absolute atomic E-state index is 14.8. The Kier molecular flexibility index (Phi) is 4.50. The smallest absolute Gasteiger partial charge is 0.264 e. The third kappa shape index (κ3) is 2.97. The number of hydrogen-bond acceptors (Lipinski definition) is 7. The number of thioether (sulfide) groups is 1. The van der Waals surface area contributed by atoms with Crippen LogP contribution in [0.1, 0.15) is 35.1 Å². The molecule has 0 saturated carbocycles. The monoisotopic (exact) mass is 404 g/mol. The number of halogens is 1. The van der Waals surface area contributed by atoms with E-state index in [1.54, 1.807) is 19.1 Å². The fraction of sp³-hybridized carbons (Fsp3) is 0.526. The summed E-state index contributed by atoms with van der Waals surface area (Å²) >= 11 is 1.36. The molecule has 148 valence electrons. The number of rotatable bonds is 3. The van der Waals surface area contributed by atoms with Crippen LogP contribution < -0.4 is 0 Å². The summed E-state index contributed by atoms with van der Waals surface area (Å²) in [5, 5.41) is 4.29. The van der Waals surface area contributed by atoms with Crippen molar-refractivity contribution in [3.63, 3.8) is 0 Å². The second-order valence-corrected chi connectivity index (χ2v) is 8.45. The van der Waals surface area contributed by atoms with E-state index in [4.69, 9.17) is 9.47 Å². The second kappa shape index (κ2) is 6.91. The predicted octanol–water partition coefficient (Wildman–Crippen LogP) is 2.42. The molecule has 0 bridgehead atoms. The number of ether oxygens (including phenoxy) is 2. The van der Waals surface area contributed by atoms with E-state index in [1.807, 2.05) is 6.07 Å². The number of aryl methyl sites for hydroxylation is 1. The molecule has 5 rings (SSSR count). The van der Waals surface area contributed by atoms with E-state index in [-0.39, 0.29) is 11.7 Å². The lowest BCUT2D eigenvalue weighted by atomic mass is 9.95. The van der Waals surface area contributed by atoms with E-state index >= 15 is 0 Å². The number of carbonyl (C=O) groups excluding carboxylic acids is 1. The zero-order valence-electron chi connectivity index (χ0n) is 15.5. The number of benzene rings is 1. The fourth-order valence-corrected chi connectivity index (χ4v) is 5.59. The van der Waals surface area contributed by atoms with E-state index in [1.165, 1.54) is 22.5 Å². The molecule has 28 heavy (non-hydrogen) atoms. The molecule has 0 aliphatic carbocycles. The van der Waals surface area contributed by atoms with Crippen molar-refractivity contribution in [3.8, 4) is 0 Å². The lowest BCUT2D eigenvalue weighted by Crippen LogP contribution is -2.49. The predicted molar refractivity (Wildman–Crippen MR) is 99.6 cm³/mol. The van der Waals surface area contributed by atoms with Crippen LogP contribution in [0.25, 0.3) is 0 Å². The van der Waals surface area contributed by atoms with Gasteiger partial charge < -0.3 is 9.47 Å². The number of nitrogens with zero attached hydrogens (tertiary/aromatic N) is 4. The zero-order valence-corrected chi connectivity index (χ0v) is 16.3. The van der Waals surface area contributed by atoms with Crippen LogP contribution in [-0.4, -0.2) is 62.9 Å². The molecule has 4 heterocycles. The molecule has 3 aliphatic heterocycles. The SMILES string of the molecule is Cc1nc2n(n1)C(=O)C(C(c1ccccc1F)N1CCC3(CC1)OCCO3)S2. The Bertz CT molecular complexity index is 904. The Morgan fingerprint density at radius 1 is 1.25 bits per heavy atom. The van der Waals surface area contributed by atoms with Crippen LogP contribution in [0.3, 0.4) is 0 Å². The summed E-state index contributed by atoms with van der Waals surface area (Å²) in [6.07, 6.45) is 1.40. The van der Waals surface area contributed by atoms with E-state index in [0.717, 1.165) is 0 Å². The quantitative estimate of drug-likeness (QED) is 0.778. The summed E-state index contributed by atoms with van der Waals surface area (Å²) in [7, 11) is 0. The molecule has 7 nitrogen and oxygen atoms in total. The first-order valence-electron chi connectivity index (χ1n) is 9.47. The van der Waals surface area contributed by atoms with Crippen molar-refractivity contribution in [1.82, 2.24) is 19.7 Å². The van der Waals surface area contributed by atoms with Gasteiger partial charge in [-0.2, -0.15) is 4.68 Å². The summed E-state index contributed by atoms with van der Waals surface area (Å²) in [4.78, 5) is 19.6. The molecule has 3 aliphatic rings. The Hall–Kier alpha value is -1.81. The number of carbonyl (C=O) groups is 1. The first-order valence-corrected chi connectivity index (χ1v) is 10.4. The zero-order chi connectivity index (χ0) is 19.3. The van der Waals surface area contributed by atoms with Crippen molar-refractivity contribution in [2.45, 2.75) is 42.0 Å². The van der Waals surface area contributed by atoms with Crippen molar-refractivity contribution >= 4 is 17.7 Å². The molecule has 2 fully saturated rings. The normalized spacial score (nSPS) is 25.4. The standard InChI is InChI=1S/C19H21FN4O3S/c1-12-21-18-24(22-12)17(25)16(28-18)15(13-4-2-3-5-14(13)20)23-8-6-19(7-9-23)26-10-11-27-19/h2-5,15-16H,6-11H2,1H3. The first kappa shape index (κ1) is 18.2. The lowest BCUT2D eigenvalue weighted by molar-refractivity contribution is -0.188. The number of aromatic nitrogens is 3. The van der Waals surface area contributed by atoms with Gasteiger partial charge in [-0.15, -0.1) is 5.10 Å². The van der Waals surface area contributed by atoms with Crippen LogP contribution >= 0.6 is 11.8 Å². The molecular formula is C19H21FN4O3S. The van der Waals surface area contributed by atoms with E-state index in [2.05, 4.69) is 15.0 Å². The molecule has 2 unspecified atom stereocenters. The fourth-order valence-electron chi connectivity index (χ4n) is 4.29. The van der Waals surface area contributed by atoms with Gasteiger partial charge in [0, 0.05) is 31.5 Å². The van der Waals surface area contributed by atoms with Gasteiger partial charge in [-0.1, -0.05) is 30.0 Å². The van der Waals surface area contributed by atoms with E-state index in [9.17, 15) is 9.18 Å².